The Balaban J connectivity index is 1.91. The maximum atomic E-state index is 12.1. The average Bonchev–Trinajstić information content (AvgIpc) is 2.37. The molecule has 1 amide bonds. The zero-order valence-corrected chi connectivity index (χ0v) is 12.0. The van der Waals surface area contributed by atoms with E-state index in [1.54, 1.807) is 0 Å². The molecule has 1 aromatic rings. The van der Waals surface area contributed by atoms with E-state index in [0.717, 1.165) is 35.7 Å². The van der Waals surface area contributed by atoms with Crippen molar-refractivity contribution in [2.45, 2.75) is 44.2 Å². The highest BCUT2D eigenvalue weighted by Gasteiger charge is 2.34. The van der Waals surface area contributed by atoms with Crippen LogP contribution in [0.3, 0.4) is 0 Å². The third-order valence-electron chi connectivity index (χ3n) is 3.54. The molecule has 4 heteroatoms. The van der Waals surface area contributed by atoms with Gasteiger partial charge in [-0.05, 0) is 30.5 Å². The summed E-state index contributed by atoms with van der Waals surface area (Å²) in [5, 5.41) is 2.95. The highest BCUT2D eigenvalue weighted by atomic mass is 79.9. The summed E-state index contributed by atoms with van der Waals surface area (Å²) < 4.78 is 1.02. The molecule has 0 radical (unpaired) electrons. The predicted octanol–water partition coefficient (Wildman–Crippen LogP) is 2.73. The van der Waals surface area contributed by atoms with Crippen LogP contribution in [0.4, 0.5) is 0 Å². The lowest BCUT2D eigenvalue weighted by molar-refractivity contribution is -0.127. The maximum absolute atomic E-state index is 12.1. The molecule has 2 rings (SSSR count). The smallest absolute Gasteiger partial charge is 0.240 e. The van der Waals surface area contributed by atoms with Gasteiger partial charge in [-0.3, -0.25) is 4.79 Å². The fraction of sp³-hybridized carbons (Fsp3) is 0.500. The lowest BCUT2D eigenvalue weighted by Crippen LogP contribution is -2.54. The fourth-order valence-corrected chi connectivity index (χ4v) is 2.86. The van der Waals surface area contributed by atoms with Crippen LogP contribution < -0.4 is 11.1 Å². The summed E-state index contributed by atoms with van der Waals surface area (Å²) >= 11 is 3.42. The van der Waals surface area contributed by atoms with Crippen LogP contribution in [0, 0.1) is 0 Å². The Labute approximate surface area is 116 Å². The minimum Gasteiger partial charge on any atom is -0.350 e. The molecule has 0 saturated heterocycles. The topological polar surface area (TPSA) is 55.1 Å². The van der Waals surface area contributed by atoms with Crippen LogP contribution in [0.25, 0.3) is 0 Å². The van der Waals surface area contributed by atoms with Gasteiger partial charge in [0.15, 0.2) is 0 Å². The van der Waals surface area contributed by atoms with Gasteiger partial charge in [0.2, 0.25) is 5.91 Å². The first-order valence-corrected chi connectivity index (χ1v) is 7.21. The Bertz CT molecular complexity index is 428. The molecule has 1 aromatic carbocycles. The van der Waals surface area contributed by atoms with Gasteiger partial charge >= 0.3 is 0 Å². The highest BCUT2D eigenvalue weighted by Crippen LogP contribution is 2.26. The number of rotatable bonds is 3. The Morgan fingerprint density at radius 3 is 2.72 bits per heavy atom. The predicted molar refractivity (Wildman–Crippen MR) is 76.0 cm³/mol. The quantitative estimate of drug-likeness (QED) is 0.902. The second-order valence-electron chi connectivity index (χ2n) is 5.03. The van der Waals surface area contributed by atoms with Crippen LogP contribution in [0.2, 0.25) is 0 Å². The van der Waals surface area contributed by atoms with Gasteiger partial charge in [-0.1, -0.05) is 47.3 Å². The molecule has 0 aromatic heterocycles. The van der Waals surface area contributed by atoms with E-state index in [1.165, 1.54) is 6.42 Å². The number of nitrogens with one attached hydrogen (secondary N) is 1. The first kappa shape index (κ1) is 13.6. The van der Waals surface area contributed by atoms with Crippen LogP contribution in [-0.2, 0) is 11.3 Å². The minimum absolute atomic E-state index is 0.0119. The number of halogens is 1. The number of benzene rings is 1. The van der Waals surface area contributed by atoms with Crippen molar-refractivity contribution < 1.29 is 4.79 Å². The van der Waals surface area contributed by atoms with Gasteiger partial charge < -0.3 is 11.1 Å². The standard InChI is InChI=1S/C14H19BrN2O/c15-12-6-4-5-11(9-12)10-17-13(18)14(16)7-2-1-3-8-14/h4-6,9H,1-3,7-8,10,16H2,(H,17,18). The van der Waals surface area contributed by atoms with E-state index in [1.807, 2.05) is 24.3 Å². The molecule has 0 unspecified atom stereocenters. The molecule has 0 heterocycles. The van der Waals surface area contributed by atoms with Crippen molar-refractivity contribution in [2.75, 3.05) is 0 Å². The van der Waals surface area contributed by atoms with Crippen LogP contribution in [0.5, 0.6) is 0 Å². The van der Waals surface area contributed by atoms with Gasteiger partial charge in [0.25, 0.3) is 0 Å². The second kappa shape index (κ2) is 5.85. The molecule has 3 nitrogen and oxygen atoms in total. The van der Waals surface area contributed by atoms with E-state index in [2.05, 4.69) is 21.2 Å². The SMILES string of the molecule is NC1(C(=O)NCc2cccc(Br)c2)CCCCC1. The van der Waals surface area contributed by atoms with Gasteiger partial charge in [-0.2, -0.15) is 0 Å². The van der Waals surface area contributed by atoms with Crippen molar-refractivity contribution in [3.05, 3.63) is 34.3 Å². The Morgan fingerprint density at radius 1 is 1.33 bits per heavy atom. The van der Waals surface area contributed by atoms with Crippen molar-refractivity contribution in [2.24, 2.45) is 5.73 Å². The molecule has 1 aliphatic carbocycles. The molecule has 1 fully saturated rings. The lowest BCUT2D eigenvalue weighted by atomic mass is 9.82. The lowest BCUT2D eigenvalue weighted by Gasteiger charge is -2.31. The van der Waals surface area contributed by atoms with Crippen LogP contribution in [-0.4, -0.2) is 11.4 Å². The number of carbonyl (C=O) groups excluding carboxylic acids is 1. The summed E-state index contributed by atoms with van der Waals surface area (Å²) in [4.78, 5) is 12.1. The molecular formula is C14H19BrN2O. The summed E-state index contributed by atoms with van der Waals surface area (Å²) in [5.41, 5.74) is 6.61. The summed E-state index contributed by atoms with van der Waals surface area (Å²) in [6.07, 6.45) is 4.91. The van der Waals surface area contributed by atoms with Crippen molar-refractivity contribution in [3.8, 4) is 0 Å². The Kier molecular flexibility index (Phi) is 4.40. The number of hydrogen-bond acceptors (Lipinski definition) is 2. The Morgan fingerprint density at radius 2 is 2.06 bits per heavy atom. The van der Waals surface area contributed by atoms with E-state index >= 15 is 0 Å². The molecule has 0 spiro atoms. The molecular weight excluding hydrogens is 292 g/mol. The molecule has 98 valence electrons. The van der Waals surface area contributed by atoms with Crippen LogP contribution >= 0.6 is 15.9 Å². The minimum atomic E-state index is -0.649. The molecule has 3 N–H and O–H groups in total. The monoisotopic (exact) mass is 310 g/mol. The third-order valence-corrected chi connectivity index (χ3v) is 4.03. The van der Waals surface area contributed by atoms with Gasteiger partial charge in [0, 0.05) is 11.0 Å². The summed E-state index contributed by atoms with van der Waals surface area (Å²) in [5.74, 6) is -0.0119. The summed E-state index contributed by atoms with van der Waals surface area (Å²) in [6.45, 7) is 0.539. The van der Waals surface area contributed by atoms with E-state index in [4.69, 9.17) is 5.73 Å². The van der Waals surface area contributed by atoms with Gasteiger partial charge in [0.05, 0.1) is 5.54 Å². The van der Waals surface area contributed by atoms with Crippen LogP contribution in [0.15, 0.2) is 28.7 Å². The van der Waals surface area contributed by atoms with Gasteiger partial charge in [0.1, 0.15) is 0 Å². The van der Waals surface area contributed by atoms with E-state index in [-0.39, 0.29) is 5.91 Å². The summed E-state index contributed by atoms with van der Waals surface area (Å²) in [7, 11) is 0. The number of amides is 1. The maximum Gasteiger partial charge on any atom is 0.240 e. The first-order valence-electron chi connectivity index (χ1n) is 6.42. The van der Waals surface area contributed by atoms with E-state index in [9.17, 15) is 4.79 Å². The summed E-state index contributed by atoms with van der Waals surface area (Å²) in [6, 6.07) is 7.93. The van der Waals surface area contributed by atoms with E-state index < -0.39 is 5.54 Å². The van der Waals surface area contributed by atoms with Crippen LogP contribution in [0.1, 0.15) is 37.7 Å². The molecule has 0 bridgehead atoms. The zero-order chi connectivity index (χ0) is 13.0. The van der Waals surface area contributed by atoms with Crippen molar-refractivity contribution in [1.82, 2.24) is 5.32 Å². The van der Waals surface area contributed by atoms with Crippen molar-refractivity contribution in [3.63, 3.8) is 0 Å². The number of hydrogen-bond donors (Lipinski definition) is 2. The first-order chi connectivity index (χ1) is 8.60. The molecule has 1 saturated carbocycles. The number of nitrogens with two attached hydrogens (primary N) is 1. The average molecular weight is 311 g/mol. The highest BCUT2D eigenvalue weighted by molar-refractivity contribution is 9.10. The van der Waals surface area contributed by atoms with Crippen molar-refractivity contribution in [1.29, 1.82) is 0 Å². The van der Waals surface area contributed by atoms with Crippen molar-refractivity contribution >= 4 is 21.8 Å². The van der Waals surface area contributed by atoms with Gasteiger partial charge in [-0.15, -0.1) is 0 Å². The normalized spacial score (nSPS) is 18.3. The van der Waals surface area contributed by atoms with E-state index in [0.29, 0.717) is 6.54 Å². The van der Waals surface area contributed by atoms with Gasteiger partial charge in [-0.25, -0.2) is 0 Å². The molecule has 0 aliphatic heterocycles. The fourth-order valence-electron chi connectivity index (χ4n) is 2.42. The molecule has 1 aliphatic rings. The number of carbonyl (C=O) groups is 1. The third kappa shape index (κ3) is 3.33. The largest absolute Gasteiger partial charge is 0.350 e. The zero-order valence-electron chi connectivity index (χ0n) is 10.4. The molecule has 18 heavy (non-hydrogen) atoms. The molecule has 0 atom stereocenters. The Hall–Kier alpha value is -0.870. The second-order valence-corrected chi connectivity index (χ2v) is 5.95.